The quantitative estimate of drug-likeness (QED) is 0.830. The summed E-state index contributed by atoms with van der Waals surface area (Å²) in [6, 6.07) is 12.3. The number of benzene rings is 2. The third-order valence-electron chi connectivity index (χ3n) is 2.96. The maximum atomic E-state index is 11.7. The maximum absolute atomic E-state index is 11.7. The second-order valence-electron chi connectivity index (χ2n) is 4.38. The van der Waals surface area contributed by atoms with Gasteiger partial charge >= 0.3 is 0 Å². The molecule has 0 aliphatic heterocycles. The zero-order chi connectivity index (χ0) is 15.9. The number of halogens is 1. The van der Waals surface area contributed by atoms with E-state index in [9.17, 15) is 4.79 Å². The van der Waals surface area contributed by atoms with Crippen molar-refractivity contribution < 1.29 is 19.1 Å². The topological polar surface area (TPSA) is 56.8 Å². The van der Waals surface area contributed by atoms with E-state index in [1.807, 2.05) is 18.2 Å². The number of hydrogen-bond acceptors (Lipinski definition) is 4. The van der Waals surface area contributed by atoms with Crippen LogP contribution in [-0.4, -0.2) is 20.1 Å². The number of amides is 1. The minimum atomic E-state index is -0.363. The lowest BCUT2D eigenvalue weighted by Gasteiger charge is -2.12. The Balaban J connectivity index is 2.14. The van der Waals surface area contributed by atoms with Crippen LogP contribution in [0.25, 0.3) is 0 Å². The average Bonchev–Trinajstić information content (AvgIpc) is 2.54. The van der Waals surface area contributed by atoms with E-state index >= 15 is 0 Å². The highest BCUT2D eigenvalue weighted by Gasteiger charge is 2.11. The SMILES string of the molecule is CONC(=O)c1ccc(OCc2ccccc2Cl)c(OC)c1. The largest absolute Gasteiger partial charge is 0.493 e. The van der Waals surface area contributed by atoms with Crippen LogP contribution < -0.4 is 15.0 Å². The highest BCUT2D eigenvalue weighted by atomic mass is 35.5. The molecule has 2 rings (SSSR count). The van der Waals surface area contributed by atoms with Gasteiger partial charge in [-0.3, -0.25) is 9.63 Å². The summed E-state index contributed by atoms with van der Waals surface area (Å²) < 4.78 is 11.0. The number of carbonyl (C=O) groups is 1. The van der Waals surface area contributed by atoms with Crippen LogP contribution in [-0.2, 0) is 11.4 Å². The molecule has 0 fully saturated rings. The van der Waals surface area contributed by atoms with Crippen molar-refractivity contribution in [3.05, 3.63) is 58.6 Å². The first kappa shape index (κ1) is 16.1. The fourth-order valence-electron chi connectivity index (χ4n) is 1.85. The lowest BCUT2D eigenvalue weighted by atomic mass is 10.2. The maximum Gasteiger partial charge on any atom is 0.274 e. The van der Waals surface area contributed by atoms with Gasteiger partial charge in [-0.15, -0.1) is 0 Å². The minimum Gasteiger partial charge on any atom is -0.493 e. The molecule has 0 spiro atoms. The van der Waals surface area contributed by atoms with Crippen LogP contribution in [0.2, 0.25) is 5.02 Å². The molecule has 0 heterocycles. The summed E-state index contributed by atoms with van der Waals surface area (Å²) in [6.07, 6.45) is 0. The molecule has 1 N–H and O–H groups in total. The number of hydrogen-bond donors (Lipinski definition) is 1. The Morgan fingerprint density at radius 3 is 2.59 bits per heavy atom. The van der Waals surface area contributed by atoms with Crippen molar-refractivity contribution in [2.24, 2.45) is 0 Å². The van der Waals surface area contributed by atoms with Crippen molar-refractivity contribution in [2.75, 3.05) is 14.2 Å². The predicted octanol–water partition coefficient (Wildman–Crippen LogP) is 3.22. The van der Waals surface area contributed by atoms with Gasteiger partial charge in [-0.1, -0.05) is 29.8 Å². The Hall–Kier alpha value is -2.24. The fraction of sp³-hybridized carbons (Fsp3) is 0.188. The molecule has 0 atom stereocenters. The van der Waals surface area contributed by atoms with E-state index in [4.69, 9.17) is 21.1 Å². The molecule has 0 aliphatic carbocycles. The van der Waals surface area contributed by atoms with E-state index in [1.54, 1.807) is 24.3 Å². The molecular formula is C16H16ClNO4. The number of hydroxylamine groups is 1. The third-order valence-corrected chi connectivity index (χ3v) is 3.33. The van der Waals surface area contributed by atoms with Gasteiger partial charge in [0.15, 0.2) is 11.5 Å². The summed E-state index contributed by atoms with van der Waals surface area (Å²) in [7, 11) is 2.88. The Morgan fingerprint density at radius 2 is 1.91 bits per heavy atom. The van der Waals surface area contributed by atoms with Gasteiger partial charge in [0.25, 0.3) is 5.91 Å². The van der Waals surface area contributed by atoms with Gasteiger partial charge in [0.2, 0.25) is 0 Å². The molecule has 0 bridgehead atoms. The molecule has 1 amide bonds. The lowest BCUT2D eigenvalue weighted by molar-refractivity contribution is 0.0537. The highest BCUT2D eigenvalue weighted by molar-refractivity contribution is 6.31. The Labute approximate surface area is 133 Å². The average molecular weight is 322 g/mol. The van der Waals surface area contributed by atoms with Gasteiger partial charge in [-0.2, -0.15) is 0 Å². The van der Waals surface area contributed by atoms with E-state index in [0.717, 1.165) is 5.56 Å². The summed E-state index contributed by atoms with van der Waals surface area (Å²) in [5, 5.41) is 0.637. The molecule has 0 saturated carbocycles. The minimum absolute atomic E-state index is 0.305. The molecule has 0 aromatic heterocycles. The molecular weight excluding hydrogens is 306 g/mol. The number of carbonyl (C=O) groups excluding carboxylic acids is 1. The predicted molar refractivity (Wildman–Crippen MR) is 83.3 cm³/mol. The van der Waals surface area contributed by atoms with Gasteiger partial charge in [0.05, 0.1) is 14.2 Å². The Kier molecular flexibility index (Phi) is 5.63. The van der Waals surface area contributed by atoms with Crippen LogP contribution in [0.15, 0.2) is 42.5 Å². The van der Waals surface area contributed by atoms with Crippen LogP contribution in [0.4, 0.5) is 0 Å². The lowest BCUT2D eigenvalue weighted by Crippen LogP contribution is -2.21. The summed E-state index contributed by atoms with van der Waals surface area (Å²) >= 11 is 6.09. The Morgan fingerprint density at radius 1 is 1.14 bits per heavy atom. The molecule has 22 heavy (non-hydrogen) atoms. The van der Waals surface area contributed by atoms with Crippen molar-refractivity contribution in [1.29, 1.82) is 0 Å². The molecule has 5 nitrogen and oxygen atoms in total. The highest BCUT2D eigenvalue weighted by Crippen LogP contribution is 2.29. The first-order valence-corrected chi connectivity index (χ1v) is 6.91. The summed E-state index contributed by atoms with van der Waals surface area (Å²) in [4.78, 5) is 16.3. The first-order valence-electron chi connectivity index (χ1n) is 6.53. The van der Waals surface area contributed by atoms with Gasteiger partial charge in [-0.05, 0) is 24.3 Å². The zero-order valence-electron chi connectivity index (χ0n) is 12.3. The van der Waals surface area contributed by atoms with Crippen molar-refractivity contribution in [2.45, 2.75) is 6.61 Å². The molecule has 0 saturated heterocycles. The molecule has 2 aromatic carbocycles. The molecule has 2 aromatic rings. The molecule has 6 heteroatoms. The van der Waals surface area contributed by atoms with Crippen molar-refractivity contribution in [1.82, 2.24) is 5.48 Å². The molecule has 0 radical (unpaired) electrons. The van der Waals surface area contributed by atoms with Gasteiger partial charge in [0.1, 0.15) is 6.61 Å². The second-order valence-corrected chi connectivity index (χ2v) is 4.79. The number of rotatable bonds is 6. The number of nitrogens with one attached hydrogen (secondary N) is 1. The van der Waals surface area contributed by atoms with Crippen molar-refractivity contribution in [3.8, 4) is 11.5 Å². The van der Waals surface area contributed by atoms with Crippen LogP contribution >= 0.6 is 11.6 Å². The van der Waals surface area contributed by atoms with E-state index in [1.165, 1.54) is 14.2 Å². The first-order chi connectivity index (χ1) is 10.7. The Bertz CT molecular complexity index is 660. The fourth-order valence-corrected chi connectivity index (χ4v) is 2.04. The second kappa shape index (κ2) is 7.68. The summed E-state index contributed by atoms with van der Waals surface area (Å²) in [6.45, 7) is 0.305. The standard InChI is InChI=1S/C16H16ClNO4/c1-20-15-9-11(16(19)18-21-2)7-8-14(15)22-10-12-5-3-4-6-13(12)17/h3-9H,10H2,1-2H3,(H,18,19). The van der Waals surface area contributed by atoms with Crippen LogP contribution in [0.5, 0.6) is 11.5 Å². The molecule has 0 aliphatic rings. The van der Waals surface area contributed by atoms with Gasteiger partial charge < -0.3 is 9.47 Å². The van der Waals surface area contributed by atoms with Crippen LogP contribution in [0.3, 0.4) is 0 Å². The number of ether oxygens (including phenoxy) is 2. The monoisotopic (exact) mass is 321 g/mol. The van der Waals surface area contributed by atoms with E-state index < -0.39 is 0 Å². The summed E-state index contributed by atoms with van der Waals surface area (Å²) in [5.74, 6) is 0.616. The van der Waals surface area contributed by atoms with E-state index in [0.29, 0.717) is 28.7 Å². The van der Waals surface area contributed by atoms with Crippen LogP contribution in [0.1, 0.15) is 15.9 Å². The van der Waals surface area contributed by atoms with Gasteiger partial charge in [0, 0.05) is 16.1 Å². The van der Waals surface area contributed by atoms with Crippen molar-refractivity contribution in [3.63, 3.8) is 0 Å². The van der Waals surface area contributed by atoms with Crippen molar-refractivity contribution >= 4 is 17.5 Å². The molecule has 116 valence electrons. The number of methoxy groups -OCH3 is 1. The normalized spacial score (nSPS) is 10.1. The zero-order valence-corrected chi connectivity index (χ0v) is 13.0. The third kappa shape index (κ3) is 3.90. The smallest absolute Gasteiger partial charge is 0.274 e. The van der Waals surface area contributed by atoms with E-state index in [-0.39, 0.29) is 5.91 Å². The molecule has 0 unspecified atom stereocenters. The van der Waals surface area contributed by atoms with E-state index in [2.05, 4.69) is 10.3 Å². The van der Waals surface area contributed by atoms with Crippen LogP contribution in [0, 0.1) is 0 Å². The summed E-state index contributed by atoms with van der Waals surface area (Å²) in [5.41, 5.74) is 3.52. The van der Waals surface area contributed by atoms with Gasteiger partial charge in [-0.25, -0.2) is 5.48 Å².